The number of amides is 1. The minimum absolute atomic E-state index is 0.130. The monoisotopic (exact) mass is 284 g/mol. The lowest BCUT2D eigenvalue weighted by Crippen LogP contribution is -2.23. The van der Waals surface area contributed by atoms with Gasteiger partial charge in [0.05, 0.1) is 0 Å². The third-order valence-electron chi connectivity index (χ3n) is 3.37. The van der Waals surface area contributed by atoms with Gasteiger partial charge in [0.2, 0.25) is 6.79 Å². The summed E-state index contributed by atoms with van der Waals surface area (Å²) in [6.07, 6.45) is 0. The molecule has 1 aliphatic rings. The lowest BCUT2D eigenvalue weighted by molar-refractivity contribution is 0.0950. The summed E-state index contributed by atoms with van der Waals surface area (Å²) < 4.78 is 10.7. The molecule has 3 N–H and O–H groups in total. The molecule has 108 valence electrons. The van der Waals surface area contributed by atoms with Crippen LogP contribution in [0.5, 0.6) is 11.5 Å². The molecule has 5 nitrogen and oxygen atoms in total. The van der Waals surface area contributed by atoms with E-state index in [1.165, 1.54) is 0 Å². The van der Waals surface area contributed by atoms with E-state index in [1.807, 2.05) is 30.3 Å². The summed E-state index contributed by atoms with van der Waals surface area (Å²) in [6.45, 7) is 1.08. The van der Waals surface area contributed by atoms with E-state index >= 15 is 0 Å². The third-order valence-corrected chi connectivity index (χ3v) is 3.37. The smallest absolute Gasteiger partial charge is 0.251 e. The Hall–Kier alpha value is -2.53. The summed E-state index contributed by atoms with van der Waals surface area (Å²) in [4.78, 5) is 12.1. The Kier molecular flexibility index (Phi) is 3.75. The molecule has 0 spiro atoms. The Morgan fingerprint density at radius 3 is 2.71 bits per heavy atom. The molecule has 5 heteroatoms. The maximum Gasteiger partial charge on any atom is 0.251 e. The van der Waals surface area contributed by atoms with Crippen molar-refractivity contribution in [2.75, 3.05) is 6.79 Å². The van der Waals surface area contributed by atoms with Crippen LogP contribution in [-0.4, -0.2) is 12.7 Å². The molecule has 2 aromatic rings. The first kappa shape index (κ1) is 13.5. The fourth-order valence-corrected chi connectivity index (χ4v) is 2.20. The van der Waals surface area contributed by atoms with Gasteiger partial charge in [-0.15, -0.1) is 0 Å². The van der Waals surface area contributed by atoms with Crippen molar-refractivity contribution in [3.8, 4) is 11.5 Å². The molecule has 1 aliphatic heterocycles. The van der Waals surface area contributed by atoms with Crippen molar-refractivity contribution < 1.29 is 14.3 Å². The quantitative estimate of drug-likeness (QED) is 0.898. The summed E-state index contributed by atoms with van der Waals surface area (Å²) in [7, 11) is 0. The summed E-state index contributed by atoms with van der Waals surface area (Å²) in [5.74, 6) is 1.29. The molecule has 0 saturated heterocycles. The Balaban J connectivity index is 1.67. The Labute approximate surface area is 122 Å². The third kappa shape index (κ3) is 2.83. The number of hydrogen-bond donors (Lipinski definition) is 2. The molecular weight excluding hydrogens is 268 g/mol. The zero-order valence-corrected chi connectivity index (χ0v) is 11.5. The van der Waals surface area contributed by atoms with Crippen LogP contribution in [-0.2, 0) is 13.1 Å². The number of rotatable bonds is 4. The van der Waals surface area contributed by atoms with E-state index < -0.39 is 0 Å². The number of fused-ring (bicyclic) bond motifs is 1. The zero-order chi connectivity index (χ0) is 14.7. The van der Waals surface area contributed by atoms with Crippen LogP contribution in [0.15, 0.2) is 42.5 Å². The van der Waals surface area contributed by atoms with Gasteiger partial charge >= 0.3 is 0 Å². The van der Waals surface area contributed by atoms with Crippen molar-refractivity contribution in [1.82, 2.24) is 5.32 Å². The van der Waals surface area contributed by atoms with Gasteiger partial charge in [-0.2, -0.15) is 0 Å². The second kappa shape index (κ2) is 5.85. The molecule has 0 aromatic heterocycles. The van der Waals surface area contributed by atoms with Crippen LogP contribution in [0.4, 0.5) is 0 Å². The molecule has 0 aliphatic carbocycles. The van der Waals surface area contributed by atoms with Crippen LogP contribution >= 0.6 is 0 Å². The van der Waals surface area contributed by atoms with Crippen LogP contribution in [0.2, 0.25) is 0 Å². The van der Waals surface area contributed by atoms with Crippen LogP contribution in [0.3, 0.4) is 0 Å². The van der Waals surface area contributed by atoms with Crippen LogP contribution in [0.1, 0.15) is 21.5 Å². The number of nitrogens with two attached hydrogens (primary N) is 1. The first-order valence-electron chi connectivity index (χ1n) is 6.72. The first-order chi connectivity index (χ1) is 10.3. The fourth-order valence-electron chi connectivity index (χ4n) is 2.20. The summed E-state index contributed by atoms with van der Waals surface area (Å²) in [5, 5.41) is 2.88. The van der Waals surface area contributed by atoms with Gasteiger partial charge in [-0.25, -0.2) is 0 Å². The van der Waals surface area contributed by atoms with E-state index in [9.17, 15) is 4.79 Å². The summed E-state index contributed by atoms with van der Waals surface area (Å²) in [5.41, 5.74) is 8.04. The van der Waals surface area contributed by atoms with Gasteiger partial charge in [0.25, 0.3) is 5.91 Å². The maximum atomic E-state index is 12.1. The molecule has 1 heterocycles. The highest BCUT2D eigenvalue weighted by molar-refractivity contribution is 5.94. The van der Waals surface area contributed by atoms with Crippen molar-refractivity contribution in [2.24, 2.45) is 5.73 Å². The van der Waals surface area contributed by atoms with E-state index in [2.05, 4.69) is 5.32 Å². The lowest BCUT2D eigenvalue weighted by Gasteiger charge is -2.08. The number of hydrogen-bond acceptors (Lipinski definition) is 4. The molecule has 2 aromatic carbocycles. The second-order valence-electron chi connectivity index (χ2n) is 4.73. The predicted octanol–water partition coefficient (Wildman–Crippen LogP) is 1.80. The van der Waals surface area contributed by atoms with Gasteiger partial charge in [0.15, 0.2) is 11.5 Å². The van der Waals surface area contributed by atoms with Gasteiger partial charge in [-0.1, -0.05) is 24.3 Å². The molecule has 1 amide bonds. The Bertz CT molecular complexity index is 653. The molecular formula is C16H16N2O3. The minimum atomic E-state index is -0.130. The predicted molar refractivity (Wildman–Crippen MR) is 78.1 cm³/mol. The number of benzene rings is 2. The highest BCUT2D eigenvalue weighted by atomic mass is 16.7. The molecule has 0 unspecified atom stereocenters. The lowest BCUT2D eigenvalue weighted by atomic mass is 10.1. The number of carbonyl (C=O) groups is 1. The van der Waals surface area contributed by atoms with Gasteiger partial charge in [-0.05, 0) is 23.8 Å². The van der Waals surface area contributed by atoms with Crippen molar-refractivity contribution in [2.45, 2.75) is 13.1 Å². The first-order valence-corrected chi connectivity index (χ1v) is 6.72. The molecule has 0 atom stereocenters. The Morgan fingerprint density at radius 1 is 1.14 bits per heavy atom. The highest BCUT2D eigenvalue weighted by Gasteiger charge is 2.17. The zero-order valence-electron chi connectivity index (χ0n) is 11.5. The number of nitrogens with one attached hydrogen (secondary N) is 1. The fraction of sp³-hybridized carbons (Fsp3) is 0.188. The van der Waals surface area contributed by atoms with Gasteiger partial charge in [-0.3, -0.25) is 4.79 Å². The minimum Gasteiger partial charge on any atom is -0.454 e. The van der Waals surface area contributed by atoms with E-state index in [1.54, 1.807) is 12.1 Å². The molecule has 3 rings (SSSR count). The average molecular weight is 284 g/mol. The summed E-state index contributed by atoms with van der Waals surface area (Å²) in [6, 6.07) is 12.9. The molecule has 21 heavy (non-hydrogen) atoms. The van der Waals surface area contributed by atoms with Crippen LogP contribution in [0.25, 0.3) is 0 Å². The number of carbonyl (C=O) groups excluding carboxylic acids is 1. The molecule has 0 bridgehead atoms. The maximum absolute atomic E-state index is 12.1. The van der Waals surface area contributed by atoms with E-state index in [-0.39, 0.29) is 12.7 Å². The standard InChI is InChI=1S/C16H16N2O3/c17-8-11-4-6-12(7-5-11)16(19)18-9-13-2-1-3-14-15(13)21-10-20-14/h1-7H,8-10,17H2,(H,18,19). The van der Waals surface area contributed by atoms with Crippen molar-refractivity contribution in [3.63, 3.8) is 0 Å². The van der Waals surface area contributed by atoms with Crippen molar-refractivity contribution in [3.05, 3.63) is 59.2 Å². The topological polar surface area (TPSA) is 73.6 Å². The second-order valence-corrected chi connectivity index (χ2v) is 4.73. The highest BCUT2D eigenvalue weighted by Crippen LogP contribution is 2.35. The number of ether oxygens (including phenoxy) is 2. The van der Waals surface area contributed by atoms with E-state index in [0.29, 0.717) is 30.2 Å². The van der Waals surface area contributed by atoms with Gasteiger partial charge in [0, 0.05) is 24.2 Å². The van der Waals surface area contributed by atoms with Crippen LogP contribution < -0.4 is 20.5 Å². The molecule has 0 radical (unpaired) electrons. The molecule has 0 saturated carbocycles. The van der Waals surface area contributed by atoms with Crippen molar-refractivity contribution in [1.29, 1.82) is 0 Å². The average Bonchev–Trinajstić information content (AvgIpc) is 3.02. The molecule has 0 fully saturated rings. The SMILES string of the molecule is NCc1ccc(C(=O)NCc2cccc3c2OCO3)cc1. The van der Waals surface area contributed by atoms with E-state index in [0.717, 1.165) is 11.1 Å². The van der Waals surface area contributed by atoms with Gasteiger partial charge in [0.1, 0.15) is 0 Å². The van der Waals surface area contributed by atoms with E-state index in [4.69, 9.17) is 15.2 Å². The Morgan fingerprint density at radius 2 is 1.95 bits per heavy atom. The van der Waals surface area contributed by atoms with Crippen LogP contribution in [0, 0.1) is 0 Å². The largest absolute Gasteiger partial charge is 0.454 e. The van der Waals surface area contributed by atoms with Crippen molar-refractivity contribution >= 4 is 5.91 Å². The number of para-hydroxylation sites is 1. The van der Waals surface area contributed by atoms with Gasteiger partial charge < -0.3 is 20.5 Å². The summed E-state index contributed by atoms with van der Waals surface area (Å²) >= 11 is 0. The normalized spacial score (nSPS) is 12.2.